The third-order valence-corrected chi connectivity index (χ3v) is 4.65. The van der Waals surface area contributed by atoms with Crippen molar-refractivity contribution in [3.8, 4) is 0 Å². The van der Waals surface area contributed by atoms with E-state index in [4.69, 9.17) is 0 Å². The largest absolute Gasteiger partial charge is 0.348 e. The van der Waals surface area contributed by atoms with Crippen molar-refractivity contribution in [3.63, 3.8) is 0 Å². The maximum atomic E-state index is 13.7. The zero-order valence-electron chi connectivity index (χ0n) is 13.5. The second kappa shape index (κ2) is 6.07. The first kappa shape index (κ1) is 14.9. The Morgan fingerprint density at radius 1 is 1.17 bits per heavy atom. The summed E-state index contributed by atoms with van der Waals surface area (Å²) in [7, 11) is 0. The zero-order valence-corrected chi connectivity index (χ0v) is 13.5. The van der Waals surface area contributed by atoms with Crippen molar-refractivity contribution >= 4 is 5.95 Å². The molecule has 122 valence electrons. The number of hydrogen-bond donors (Lipinski definition) is 1. The van der Waals surface area contributed by atoms with Crippen molar-refractivity contribution in [2.45, 2.75) is 31.8 Å². The van der Waals surface area contributed by atoms with Gasteiger partial charge in [0.15, 0.2) is 0 Å². The monoisotopic (exact) mass is 322 g/mol. The molecule has 0 radical (unpaired) electrons. The molecule has 24 heavy (non-hydrogen) atoms. The lowest BCUT2D eigenvalue weighted by Crippen LogP contribution is -2.28. The molecule has 0 amide bonds. The molecule has 4 nitrogen and oxygen atoms in total. The van der Waals surface area contributed by atoms with Gasteiger partial charge in [0, 0.05) is 0 Å². The Morgan fingerprint density at radius 2 is 2.00 bits per heavy atom. The van der Waals surface area contributed by atoms with Crippen LogP contribution in [0.5, 0.6) is 0 Å². The molecule has 1 aliphatic rings. The third kappa shape index (κ3) is 2.66. The fourth-order valence-corrected chi connectivity index (χ4v) is 3.32. The van der Waals surface area contributed by atoms with E-state index in [2.05, 4.69) is 46.6 Å². The second-order valence-corrected chi connectivity index (χ2v) is 6.13. The third-order valence-electron chi connectivity index (χ3n) is 4.65. The number of rotatable bonds is 3. The minimum absolute atomic E-state index is 0.0321. The summed E-state index contributed by atoms with van der Waals surface area (Å²) in [6.07, 6.45) is 3.36. The van der Waals surface area contributed by atoms with Crippen LogP contribution in [0.15, 0.2) is 54.9 Å². The van der Waals surface area contributed by atoms with Crippen molar-refractivity contribution in [1.29, 1.82) is 0 Å². The summed E-state index contributed by atoms with van der Waals surface area (Å²) in [6, 6.07) is 15.5. The van der Waals surface area contributed by atoms with E-state index in [0.717, 1.165) is 24.4 Å². The van der Waals surface area contributed by atoms with Gasteiger partial charge in [-0.05, 0) is 41.7 Å². The number of aryl methyl sites for hydroxylation is 1. The fraction of sp³-hybridized carbons (Fsp3) is 0.263. The van der Waals surface area contributed by atoms with Crippen molar-refractivity contribution in [2.75, 3.05) is 5.32 Å². The van der Waals surface area contributed by atoms with Crippen LogP contribution in [0.3, 0.4) is 0 Å². The van der Waals surface area contributed by atoms with Crippen molar-refractivity contribution in [1.82, 2.24) is 14.8 Å². The standard InChI is InChI=1S/C19H19FN4/c1-2-13-6-8-14(9-7-13)17-11-18(15-4-3-5-16(20)10-15)24-19(23-17)21-12-22-24/h3-10,12,17-18H,2,11H2,1H3,(H,21,22,23)/t17-,18+/m0/s1. The molecule has 4 rings (SSSR count). The number of hydrogen-bond acceptors (Lipinski definition) is 3. The van der Waals surface area contributed by atoms with Gasteiger partial charge >= 0.3 is 0 Å². The molecule has 2 atom stereocenters. The summed E-state index contributed by atoms with van der Waals surface area (Å²) >= 11 is 0. The van der Waals surface area contributed by atoms with E-state index in [1.165, 1.54) is 23.5 Å². The predicted octanol–water partition coefficient (Wildman–Crippen LogP) is 4.13. The Hall–Kier alpha value is -2.69. The van der Waals surface area contributed by atoms with E-state index in [0.29, 0.717) is 0 Å². The van der Waals surface area contributed by atoms with E-state index < -0.39 is 0 Å². The van der Waals surface area contributed by atoms with Gasteiger partial charge in [-0.15, -0.1) is 0 Å². The number of nitrogens with zero attached hydrogens (tertiary/aromatic N) is 3. The van der Waals surface area contributed by atoms with Gasteiger partial charge in [-0.25, -0.2) is 9.07 Å². The molecule has 0 saturated heterocycles. The summed E-state index contributed by atoms with van der Waals surface area (Å²) in [5, 5.41) is 7.76. The van der Waals surface area contributed by atoms with E-state index in [1.54, 1.807) is 12.1 Å². The second-order valence-electron chi connectivity index (χ2n) is 6.13. The molecule has 0 bridgehead atoms. The number of nitrogens with one attached hydrogen (secondary N) is 1. The molecule has 0 saturated carbocycles. The molecule has 0 fully saturated rings. The quantitative estimate of drug-likeness (QED) is 0.788. The smallest absolute Gasteiger partial charge is 0.222 e. The van der Waals surface area contributed by atoms with E-state index in [9.17, 15) is 4.39 Å². The summed E-state index contributed by atoms with van der Waals surface area (Å²) in [5.74, 6) is 0.497. The summed E-state index contributed by atoms with van der Waals surface area (Å²) in [4.78, 5) is 4.31. The highest BCUT2D eigenvalue weighted by atomic mass is 19.1. The average molecular weight is 322 g/mol. The van der Waals surface area contributed by atoms with Crippen LogP contribution in [-0.4, -0.2) is 14.8 Å². The molecule has 2 heterocycles. The molecule has 5 heteroatoms. The molecule has 3 aromatic rings. The Bertz CT molecular complexity index is 841. The van der Waals surface area contributed by atoms with Gasteiger partial charge < -0.3 is 5.32 Å². The van der Waals surface area contributed by atoms with Crippen molar-refractivity contribution < 1.29 is 4.39 Å². The van der Waals surface area contributed by atoms with Gasteiger partial charge in [-0.1, -0.05) is 43.3 Å². The van der Waals surface area contributed by atoms with E-state index >= 15 is 0 Å². The van der Waals surface area contributed by atoms with Crippen LogP contribution >= 0.6 is 0 Å². The first-order valence-electron chi connectivity index (χ1n) is 8.25. The van der Waals surface area contributed by atoms with Gasteiger partial charge in [0.05, 0.1) is 12.1 Å². The average Bonchev–Trinajstić information content (AvgIpc) is 3.09. The zero-order chi connectivity index (χ0) is 16.5. The molecule has 2 aromatic carbocycles. The highest BCUT2D eigenvalue weighted by molar-refractivity contribution is 5.38. The normalized spacial score (nSPS) is 19.6. The van der Waals surface area contributed by atoms with Crippen molar-refractivity contribution in [2.24, 2.45) is 0 Å². The van der Waals surface area contributed by atoms with Crippen LogP contribution in [0.4, 0.5) is 10.3 Å². The molecule has 0 spiro atoms. The number of anilines is 1. The number of fused-ring (bicyclic) bond motifs is 1. The predicted molar refractivity (Wildman–Crippen MR) is 91.4 cm³/mol. The Balaban J connectivity index is 1.70. The molecular formula is C19H19FN4. The van der Waals surface area contributed by atoms with E-state index in [-0.39, 0.29) is 17.9 Å². The van der Waals surface area contributed by atoms with E-state index in [1.807, 2.05) is 10.7 Å². The maximum absolute atomic E-state index is 13.7. The minimum atomic E-state index is -0.225. The van der Waals surface area contributed by atoms with Crippen LogP contribution in [0.25, 0.3) is 0 Å². The number of aromatic nitrogens is 3. The van der Waals surface area contributed by atoms with Gasteiger partial charge in [-0.3, -0.25) is 0 Å². The highest BCUT2D eigenvalue weighted by Gasteiger charge is 2.30. The molecule has 0 aliphatic carbocycles. The Kier molecular flexibility index (Phi) is 3.76. The molecule has 0 unspecified atom stereocenters. The number of benzene rings is 2. The molecule has 1 aromatic heterocycles. The maximum Gasteiger partial charge on any atom is 0.222 e. The Morgan fingerprint density at radius 3 is 2.75 bits per heavy atom. The van der Waals surface area contributed by atoms with Gasteiger partial charge in [0.1, 0.15) is 12.1 Å². The lowest BCUT2D eigenvalue weighted by atomic mass is 9.93. The van der Waals surface area contributed by atoms with Crippen LogP contribution in [-0.2, 0) is 6.42 Å². The fourth-order valence-electron chi connectivity index (χ4n) is 3.32. The topological polar surface area (TPSA) is 42.7 Å². The first-order valence-corrected chi connectivity index (χ1v) is 8.25. The van der Waals surface area contributed by atoms with Crippen LogP contribution in [0.1, 0.15) is 42.1 Å². The minimum Gasteiger partial charge on any atom is -0.348 e. The van der Waals surface area contributed by atoms with Crippen molar-refractivity contribution in [3.05, 3.63) is 77.4 Å². The SMILES string of the molecule is CCc1ccc([C@@H]2C[C@H](c3cccc(F)c3)n3ncnc3N2)cc1. The van der Waals surface area contributed by atoms with Crippen LogP contribution in [0.2, 0.25) is 0 Å². The molecular weight excluding hydrogens is 303 g/mol. The first-order chi connectivity index (χ1) is 11.7. The van der Waals surface area contributed by atoms with Gasteiger partial charge in [-0.2, -0.15) is 10.1 Å². The lowest BCUT2D eigenvalue weighted by molar-refractivity contribution is 0.429. The lowest BCUT2D eigenvalue weighted by Gasteiger charge is -2.32. The van der Waals surface area contributed by atoms with Crippen LogP contribution in [0, 0.1) is 5.82 Å². The molecule has 1 N–H and O–H groups in total. The van der Waals surface area contributed by atoms with Gasteiger partial charge in [0.25, 0.3) is 0 Å². The summed E-state index contributed by atoms with van der Waals surface area (Å²) in [6.45, 7) is 2.15. The molecule has 1 aliphatic heterocycles. The summed E-state index contributed by atoms with van der Waals surface area (Å²) in [5.41, 5.74) is 3.45. The van der Waals surface area contributed by atoms with Crippen LogP contribution < -0.4 is 5.32 Å². The highest BCUT2D eigenvalue weighted by Crippen LogP contribution is 2.37. The summed E-state index contributed by atoms with van der Waals surface area (Å²) < 4.78 is 15.5. The number of halogens is 1. The Labute approximate surface area is 140 Å². The van der Waals surface area contributed by atoms with Gasteiger partial charge in [0.2, 0.25) is 5.95 Å².